The van der Waals surface area contributed by atoms with Crippen molar-refractivity contribution in [2.24, 2.45) is 21.7 Å². The van der Waals surface area contributed by atoms with Crippen LogP contribution in [0.25, 0.3) is 5.57 Å². The molecule has 2 atom stereocenters. The first-order valence-electron chi connectivity index (χ1n) is 10.3. The SMILES string of the molecule is CC(O)C1CN2N=CN=C(N)C2=C1c1ccc(NC(=O)Nc2cc(C(C)(C)C)no2)cc1. The quantitative estimate of drug-likeness (QED) is 0.579. The lowest BCUT2D eigenvalue weighted by molar-refractivity contribution is 0.143. The van der Waals surface area contributed by atoms with Gasteiger partial charge in [0.2, 0.25) is 5.88 Å². The number of aliphatic hydroxyl groups excluding tert-OH is 1. The second kappa shape index (κ2) is 8.12. The third-order valence-electron chi connectivity index (χ3n) is 5.44. The normalized spacial score (nSPS) is 19.0. The highest BCUT2D eigenvalue weighted by atomic mass is 16.5. The Morgan fingerprint density at radius 3 is 2.62 bits per heavy atom. The number of hydrazone groups is 1. The Hall–Kier alpha value is -3.66. The fourth-order valence-corrected chi connectivity index (χ4v) is 3.71. The van der Waals surface area contributed by atoms with Crippen molar-refractivity contribution < 1.29 is 14.4 Å². The van der Waals surface area contributed by atoms with Gasteiger partial charge in [-0.25, -0.2) is 9.79 Å². The summed E-state index contributed by atoms with van der Waals surface area (Å²) in [5.41, 5.74) is 9.73. The molecule has 3 heterocycles. The van der Waals surface area contributed by atoms with Gasteiger partial charge in [0.25, 0.3) is 0 Å². The summed E-state index contributed by atoms with van der Waals surface area (Å²) in [5, 5.41) is 25.7. The Bertz CT molecular complexity index is 1110. The van der Waals surface area contributed by atoms with Crippen LogP contribution in [0.5, 0.6) is 0 Å². The molecule has 2 amide bonds. The van der Waals surface area contributed by atoms with E-state index in [1.165, 1.54) is 6.34 Å². The Morgan fingerprint density at radius 1 is 1.28 bits per heavy atom. The van der Waals surface area contributed by atoms with E-state index >= 15 is 0 Å². The monoisotopic (exact) mass is 437 g/mol. The topological polar surface area (TPSA) is 141 Å². The number of nitrogens with one attached hydrogen (secondary N) is 2. The van der Waals surface area contributed by atoms with Crippen LogP contribution in [0.4, 0.5) is 16.4 Å². The van der Waals surface area contributed by atoms with E-state index in [4.69, 9.17) is 10.3 Å². The number of urea groups is 1. The molecule has 0 bridgehead atoms. The number of hydrogen-bond acceptors (Lipinski definition) is 8. The summed E-state index contributed by atoms with van der Waals surface area (Å²) in [6.45, 7) is 8.30. The first-order chi connectivity index (χ1) is 15.1. The van der Waals surface area contributed by atoms with E-state index in [9.17, 15) is 9.90 Å². The summed E-state index contributed by atoms with van der Waals surface area (Å²) in [4.78, 5) is 16.4. The molecule has 32 heavy (non-hydrogen) atoms. The van der Waals surface area contributed by atoms with Crippen LogP contribution in [0.1, 0.15) is 39.0 Å². The molecule has 2 aromatic rings. The molecule has 0 fully saturated rings. The summed E-state index contributed by atoms with van der Waals surface area (Å²) in [6, 6.07) is 8.57. The van der Waals surface area contributed by atoms with E-state index < -0.39 is 12.1 Å². The van der Waals surface area contributed by atoms with Gasteiger partial charge in [0, 0.05) is 23.1 Å². The van der Waals surface area contributed by atoms with E-state index in [0.717, 1.165) is 16.8 Å². The van der Waals surface area contributed by atoms with E-state index in [2.05, 4.69) is 25.9 Å². The molecule has 5 N–H and O–H groups in total. The van der Waals surface area contributed by atoms with Crippen LogP contribution < -0.4 is 16.4 Å². The second-order valence-corrected chi connectivity index (χ2v) is 8.92. The number of nitrogens with two attached hydrogens (primary N) is 1. The van der Waals surface area contributed by atoms with Gasteiger partial charge in [0.15, 0.2) is 5.84 Å². The summed E-state index contributed by atoms with van der Waals surface area (Å²) in [7, 11) is 0. The van der Waals surface area contributed by atoms with Crippen molar-refractivity contribution in [1.82, 2.24) is 10.2 Å². The van der Waals surface area contributed by atoms with Crippen molar-refractivity contribution in [3.05, 3.63) is 47.3 Å². The van der Waals surface area contributed by atoms with Crippen LogP contribution in [0.15, 0.2) is 50.6 Å². The standard InChI is InChI=1S/C22H27N7O3/c1-12(30)15-10-29-19(20(23)24-11-25-29)18(15)13-5-7-14(8-6-13)26-21(31)27-17-9-16(28-32-17)22(2,3)4/h5-9,11-12,15,30H,10H2,1-4H3,(H2,23,24,25)(H2,26,27,31). The summed E-state index contributed by atoms with van der Waals surface area (Å²) >= 11 is 0. The number of rotatable bonds is 4. The van der Waals surface area contributed by atoms with Gasteiger partial charge in [-0.1, -0.05) is 38.1 Å². The van der Waals surface area contributed by atoms with Gasteiger partial charge in [0.1, 0.15) is 12.0 Å². The van der Waals surface area contributed by atoms with Gasteiger partial charge in [0.05, 0.1) is 18.3 Å². The van der Waals surface area contributed by atoms with Crippen LogP contribution in [0.3, 0.4) is 0 Å². The molecule has 10 heteroatoms. The highest BCUT2D eigenvalue weighted by Crippen LogP contribution is 2.39. The van der Waals surface area contributed by atoms with E-state index in [1.807, 2.05) is 32.9 Å². The Balaban J connectivity index is 1.50. The molecule has 0 saturated carbocycles. The third kappa shape index (κ3) is 4.22. The highest BCUT2D eigenvalue weighted by molar-refractivity contribution is 6.08. The minimum absolute atomic E-state index is 0.167. The number of nitrogens with zero attached hydrogens (tertiary/aromatic N) is 4. The van der Waals surface area contributed by atoms with Crippen LogP contribution in [0.2, 0.25) is 0 Å². The van der Waals surface area contributed by atoms with E-state index in [0.29, 0.717) is 23.8 Å². The predicted octanol–water partition coefficient (Wildman–Crippen LogP) is 2.95. The molecular formula is C22H27N7O3. The van der Waals surface area contributed by atoms with Crippen LogP contribution in [0, 0.1) is 5.92 Å². The summed E-state index contributed by atoms with van der Waals surface area (Å²) < 4.78 is 5.19. The molecule has 168 valence electrons. The van der Waals surface area contributed by atoms with Gasteiger partial charge >= 0.3 is 6.03 Å². The highest BCUT2D eigenvalue weighted by Gasteiger charge is 2.37. The lowest BCUT2D eigenvalue weighted by Crippen LogP contribution is -2.29. The van der Waals surface area contributed by atoms with E-state index in [-0.39, 0.29) is 17.2 Å². The Kier molecular flexibility index (Phi) is 5.47. The number of benzene rings is 1. The number of amidine groups is 1. The average Bonchev–Trinajstić information content (AvgIpc) is 3.34. The average molecular weight is 438 g/mol. The van der Waals surface area contributed by atoms with E-state index in [1.54, 1.807) is 30.1 Å². The lowest BCUT2D eigenvalue weighted by Gasteiger charge is -2.19. The number of amides is 2. The molecule has 4 rings (SSSR count). The molecule has 0 spiro atoms. The minimum atomic E-state index is -0.588. The number of fused-ring (bicyclic) bond motifs is 1. The molecule has 2 unspecified atom stereocenters. The van der Waals surface area contributed by atoms with Gasteiger partial charge in [-0.05, 0) is 30.2 Å². The van der Waals surface area contributed by atoms with Crippen molar-refractivity contribution in [2.45, 2.75) is 39.2 Å². The van der Waals surface area contributed by atoms with Gasteiger partial charge in [-0.2, -0.15) is 5.10 Å². The number of aromatic nitrogens is 1. The molecule has 1 aromatic carbocycles. The number of carbonyl (C=O) groups is 1. The second-order valence-electron chi connectivity index (χ2n) is 8.92. The number of aliphatic hydroxyl groups is 1. The molecule has 0 radical (unpaired) electrons. The Labute approximate surface area is 185 Å². The fraction of sp³-hybridized carbons (Fsp3) is 0.364. The zero-order valence-corrected chi connectivity index (χ0v) is 18.5. The van der Waals surface area contributed by atoms with Crippen molar-refractivity contribution >= 4 is 35.3 Å². The lowest BCUT2D eigenvalue weighted by atomic mass is 9.89. The van der Waals surface area contributed by atoms with Gasteiger partial charge in [-0.15, -0.1) is 0 Å². The number of carbonyl (C=O) groups excluding carboxylic acids is 1. The van der Waals surface area contributed by atoms with Crippen LogP contribution >= 0.6 is 0 Å². The molecule has 2 aliphatic rings. The van der Waals surface area contributed by atoms with Crippen LogP contribution in [-0.4, -0.2) is 46.1 Å². The summed E-state index contributed by atoms with van der Waals surface area (Å²) in [6.07, 6.45) is 0.820. The maximum absolute atomic E-state index is 12.3. The van der Waals surface area contributed by atoms with Gasteiger partial charge in [-0.3, -0.25) is 10.3 Å². The molecule has 10 nitrogen and oxygen atoms in total. The third-order valence-corrected chi connectivity index (χ3v) is 5.44. The molecule has 0 aliphatic carbocycles. The molecule has 2 aliphatic heterocycles. The number of hydrogen-bond donors (Lipinski definition) is 4. The first-order valence-corrected chi connectivity index (χ1v) is 10.3. The molecule has 1 aromatic heterocycles. The van der Waals surface area contributed by atoms with Crippen LogP contribution in [-0.2, 0) is 5.41 Å². The predicted molar refractivity (Wildman–Crippen MR) is 123 cm³/mol. The smallest absolute Gasteiger partial charge is 0.326 e. The molecular weight excluding hydrogens is 410 g/mol. The van der Waals surface area contributed by atoms with Crippen molar-refractivity contribution in [3.8, 4) is 0 Å². The maximum Gasteiger partial charge on any atom is 0.326 e. The number of aliphatic imine (C=N–C) groups is 1. The fourth-order valence-electron chi connectivity index (χ4n) is 3.71. The molecule has 0 saturated heterocycles. The number of anilines is 2. The summed E-state index contributed by atoms with van der Waals surface area (Å²) in [5.74, 6) is 0.468. The largest absolute Gasteiger partial charge is 0.393 e. The maximum atomic E-state index is 12.3. The van der Waals surface area contributed by atoms with Crippen molar-refractivity contribution in [2.75, 3.05) is 17.2 Å². The van der Waals surface area contributed by atoms with Gasteiger partial charge < -0.3 is 20.7 Å². The zero-order chi connectivity index (χ0) is 23.0. The Morgan fingerprint density at radius 2 is 2.00 bits per heavy atom. The first kappa shape index (κ1) is 21.6. The van der Waals surface area contributed by atoms with Crippen molar-refractivity contribution in [1.29, 1.82) is 0 Å². The zero-order valence-electron chi connectivity index (χ0n) is 18.5. The minimum Gasteiger partial charge on any atom is -0.393 e. The van der Waals surface area contributed by atoms with Crippen molar-refractivity contribution in [3.63, 3.8) is 0 Å².